The van der Waals surface area contributed by atoms with Crippen molar-refractivity contribution in [1.82, 2.24) is 5.32 Å². The highest BCUT2D eigenvalue weighted by atomic mass is 16.4. The molecule has 0 saturated heterocycles. The summed E-state index contributed by atoms with van der Waals surface area (Å²) in [5, 5.41) is 30.2. The van der Waals surface area contributed by atoms with Crippen LogP contribution in [-0.2, 0) is 4.79 Å². The van der Waals surface area contributed by atoms with Gasteiger partial charge in [0.25, 0.3) is 0 Å². The van der Waals surface area contributed by atoms with Crippen molar-refractivity contribution in [2.75, 3.05) is 19.7 Å². The van der Waals surface area contributed by atoms with Gasteiger partial charge in [-0.25, -0.2) is 0 Å². The number of carboxylic acid groups (broad SMARTS) is 1. The van der Waals surface area contributed by atoms with E-state index in [9.17, 15) is 15.0 Å². The Balaban J connectivity index is 2.20. The number of carboxylic acids is 1. The number of rotatable bonds is 7. The molecule has 0 radical (unpaired) electrons. The predicted octanol–water partition coefficient (Wildman–Crippen LogP) is -0.0357. The van der Waals surface area contributed by atoms with Gasteiger partial charge in [-0.2, -0.15) is 0 Å². The van der Waals surface area contributed by atoms with Crippen LogP contribution < -0.4 is 5.32 Å². The smallest absolute Gasteiger partial charge is 0.306 e. The molecule has 1 aliphatic carbocycles. The molecule has 0 bridgehead atoms. The van der Waals surface area contributed by atoms with Gasteiger partial charge in [0.05, 0.1) is 12.5 Å². The number of hydrogen-bond acceptors (Lipinski definition) is 4. The molecule has 1 fully saturated rings. The third kappa shape index (κ3) is 4.08. The third-order valence-electron chi connectivity index (χ3n) is 3.29. The molecule has 0 aromatic rings. The Hall–Kier alpha value is -0.650. The topological polar surface area (TPSA) is 89.8 Å². The van der Waals surface area contributed by atoms with E-state index < -0.39 is 12.1 Å². The average Bonchev–Trinajstić information content (AvgIpc) is 2.66. The van der Waals surface area contributed by atoms with Crippen LogP contribution in [0.2, 0.25) is 0 Å². The molecule has 0 aromatic heterocycles. The minimum Gasteiger partial charge on any atom is -0.481 e. The summed E-state index contributed by atoms with van der Waals surface area (Å²) in [4.78, 5) is 10.3. The van der Waals surface area contributed by atoms with E-state index in [4.69, 9.17) is 5.11 Å². The molecule has 94 valence electrons. The predicted molar refractivity (Wildman–Crippen MR) is 59.1 cm³/mol. The highest BCUT2D eigenvalue weighted by molar-refractivity contribution is 5.67. The quantitative estimate of drug-likeness (QED) is 0.494. The molecular formula is C11H21NO4. The number of aliphatic hydroxyl groups is 2. The Labute approximate surface area is 95.5 Å². The van der Waals surface area contributed by atoms with Crippen LogP contribution in [0.4, 0.5) is 0 Å². The summed E-state index contributed by atoms with van der Waals surface area (Å²) < 4.78 is 0. The third-order valence-corrected chi connectivity index (χ3v) is 3.29. The Morgan fingerprint density at radius 3 is 2.50 bits per heavy atom. The average molecular weight is 231 g/mol. The van der Waals surface area contributed by atoms with Crippen LogP contribution in [-0.4, -0.2) is 47.1 Å². The Morgan fingerprint density at radius 1 is 1.38 bits per heavy atom. The molecule has 0 heterocycles. The lowest BCUT2D eigenvalue weighted by Crippen LogP contribution is -2.39. The molecule has 1 atom stereocenters. The van der Waals surface area contributed by atoms with Crippen molar-refractivity contribution in [3.05, 3.63) is 0 Å². The molecule has 1 unspecified atom stereocenters. The van der Waals surface area contributed by atoms with Crippen molar-refractivity contribution in [3.8, 4) is 0 Å². The van der Waals surface area contributed by atoms with E-state index in [1.54, 1.807) is 0 Å². The molecular weight excluding hydrogens is 210 g/mol. The van der Waals surface area contributed by atoms with E-state index in [0.717, 1.165) is 25.7 Å². The van der Waals surface area contributed by atoms with Gasteiger partial charge in [0.1, 0.15) is 0 Å². The van der Waals surface area contributed by atoms with Crippen LogP contribution in [0.15, 0.2) is 0 Å². The first-order chi connectivity index (χ1) is 7.58. The van der Waals surface area contributed by atoms with Gasteiger partial charge >= 0.3 is 5.97 Å². The fraction of sp³-hybridized carbons (Fsp3) is 0.909. The number of hydrogen-bond donors (Lipinski definition) is 4. The van der Waals surface area contributed by atoms with E-state index in [0.29, 0.717) is 6.54 Å². The summed E-state index contributed by atoms with van der Waals surface area (Å²) in [6.07, 6.45) is 3.20. The number of aliphatic hydroxyl groups excluding tert-OH is 2. The van der Waals surface area contributed by atoms with Gasteiger partial charge in [-0.15, -0.1) is 0 Å². The summed E-state index contributed by atoms with van der Waals surface area (Å²) in [5.41, 5.74) is -0.0526. The van der Waals surface area contributed by atoms with Crippen molar-refractivity contribution in [2.24, 2.45) is 5.41 Å². The zero-order valence-electron chi connectivity index (χ0n) is 9.48. The van der Waals surface area contributed by atoms with Crippen LogP contribution >= 0.6 is 0 Å². The van der Waals surface area contributed by atoms with Gasteiger partial charge in [0.15, 0.2) is 0 Å². The maximum absolute atomic E-state index is 10.3. The van der Waals surface area contributed by atoms with Crippen LogP contribution in [0, 0.1) is 5.41 Å². The standard InChI is InChI=1S/C11H21NO4/c13-8-11(3-1-2-4-11)7-12-6-9(14)5-10(15)16/h9,12-14H,1-8H2,(H,15,16). The lowest BCUT2D eigenvalue weighted by Gasteiger charge is -2.27. The van der Waals surface area contributed by atoms with Gasteiger partial charge in [-0.05, 0) is 12.8 Å². The van der Waals surface area contributed by atoms with Crippen molar-refractivity contribution in [2.45, 2.75) is 38.2 Å². The molecule has 1 aliphatic rings. The first-order valence-corrected chi connectivity index (χ1v) is 5.79. The monoisotopic (exact) mass is 231 g/mol. The largest absolute Gasteiger partial charge is 0.481 e. The number of aliphatic carboxylic acids is 1. The van der Waals surface area contributed by atoms with E-state index in [-0.39, 0.29) is 25.0 Å². The van der Waals surface area contributed by atoms with E-state index >= 15 is 0 Å². The fourth-order valence-corrected chi connectivity index (χ4v) is 2.29. The second kappa shape index (κ2) is 6.18. The summed E-state index contributed by atoms with van der Waals surface area (Å²) in [7, 11) is 0. The van der Waals surface area contributed by atoms with E-state index in [1.807, 2.05) is 0 Å². The number of carbonyl (C=O) groups is 1. The Morgan fingerprint density at radius 2 is 2.00 bits per heavy atom. The molecule has 5 heteroatoms. The molecule has 5 nitrogen and oxygen atoms in total. The van der Waals surface area contributed by atoms with Crippen molar-refractivity contribution < 1.29 is 20.1 Å². The molecule has 0 aromatic carbocycles. The van der Waals surface area contributed by atoms with Gasteiger partial charge in [-0.1, -0.05) is 12.8 Å². The van der Waals surface area contributed by atoms with Crippen LogP contribution in [0.3, 0.4) is 0 Å². The van der Waals surface area contributed by atoms with E-state index in [2.05, 4.69) is 5.32 Å². The van der Waals surface area contributed by atoms with Gasteiger partial charge in [-0.3, -0.25) is 4.79 Å². The lowest BCUT2D eigenvalue weighted by molar-refractivity contribution is -0.139. The highest BCUT2D eigenvalue weighted by Gasteiger charge is 2.32. The maximum atomic E-state index is 10.3. The van der Waals surface area contributed by atoms with Gasteiger partial charge in [0.2, 0.25) is 0 Å². The summed E-state index contributed by atoms with van der Waals surface area (Å²) in [6, 6.07) is 0. The molecule has 16 heavy (non-hydrogen) atoms. The van der Waals surface area contributed by atoms with Crippen LogP contribution in [0.5, 0.6) is 0 Å². The summed E-state index contributed by atoms with van der Waals surface area (Å²) in [5.74, 6) is -0.993. The van der Waals surface area contributed by atoms with E-state index in [1.165, 1.54) is 0 Å². The van der Waals surface area contributed by atoms with Crippen LogP contribution in [0.25, 0.3) is 0 Å². The SMILES string of the molecule is O=C(O)CC(O)CNCC1(CO)CCCC1. The Kier molecular flexibility index (Phi) is 5.18. The minimum absolute atomic E-state index is 0.0526. The number of nitrogens with one attached hydrogen (secondary N) is 1. The fourth-order valence-electron chi connectivity index (χ4n) is 2.29. The van der Waals surface area contributed by atoms with Gasteiger partial charge in [0, 0.05) is 25.1 Å². The maximum Gasteiger partial charge on any atom is 0.306 e. The molecule has 4 N–H and O–H groups in total. The highest BCUT2D eigenvalue weighted by Crippen LogP contribution is 2.36. The van der Waals surface area contributed by atoms with Crippen molar-refractivity contribution >= 4 is 5.97 Å². The molecule has 1 saturated carbocycles. The Bertz CT molecular complexity index is 226. The zero-order chi connectivity index (χ0) is 12.0. The lowest BCUT2D eigenvalue weighted by atomic mass is 9.87. The zero-order valence-corrected chi connectivity index (χ0v) is 9.48. The second-order valence-corrected chi connectivity index (χ2v) is 4.75. The molecule has 1 rings (SSSR count). The normalized spacial score (nSPS) is 20.9. The van der Waals surface area contributed by atoms with Crippen molar-refractivity contribution in [1.29, 1.82) is 0 Å². The molecule has 0 aliphatic heterocycles. The van der Waals surface area contributed by atoms with Gasteiger partial charge < -0.3 is 20.6 Å². The molecule has 0 spiro atoms. The minimum atomic E-state index is -0.993. The van der Waals surface area contributed by atoms with Crippen molar-refractivity contribution in [3.63, 3.8) is 0 Å². The molecule has 0 amide bonds. The van der Waals surface area contributed by atoms with Crippen LogP contribution in [0.1, 0.15) is 32.1 Å². The first kappa shape index (κ1) is 13.4. The summed E-state index contributed by atoms with van der Waals surface area (Å²) >= 11 is 0. The first-order valence-electron chi connectivity index (χ1n) is 5.79. The summed E-state index contributed by atoms with van der Waals surface area (Å²) in [6.45, 7) is 1.09. The second-order valence-electron chi connectivity index (χ2n) is 4.75.